The molecule has 0 spiro atoms. The summed E-state index contributed by atoms with van der Waals surface area (Å²) >= 11 is 0. The predicted molar refractivity (Wildman–Crippen MR) is 142 cm³/mol. The molecule has 2 aromatic heterocycles. The van der Waals surface area contributed by atoms with Crippen LogP contribution >= 0.6 is 0 Å². The number of carbonyl (C=O) groups is 1. The molecule has 1 amide bonds. The molecule has 1 aliphatic rings. The number of piperazine rings is 1. The molecule has 5 aromatic rings. The second-order valence-corrected chi connectivity index (χ2v) is 9.02. The maximum absolute atomic E-state index is 13.2. The molecule has 1 aliphatic heterocycles. The standard InChI is InChI=1S/C28H26N6O3/c1-37-26-12-5-4-11-24(26)31-13-15-32(16-14-31)27(35)18-33-28(36)25-17-23(30-34(25)19-29-33)22-10-6-8-20-7-2-3-9-21(20)22/h2-12,17,19H,13-16,18H2,1H3. The van der Waals surface area contributed by atoms with Crippen LogP contribution in [0.3, 0.4) is 0 Å². The molecule has 6 rings (SSSR count). The van der Waals surface area contributed by atoms with Crippen LogP contribution in [0.4, 0.5) is 5.69 Å². The first-order valence-corrected chi connectivity index (χ1v) is 12.2. The van der Waals surface area contributed by atoms with Crippen LogP contribution in [0.5, 0.6) is 5.75 Å². The maximum atomic E-state index is 13.2. The van der Waals surface area contributed by atoms with Crippen molar-refractivity contribution in [3.8, 4) is 17.0 Å². The van der Waals surface area contributed by atoms with Gasteiger partial charge in [-0.1, -0.05) is 54.6 Å². The average Bonchev–Trinajstić information content (AvgIpc) is 3.39. The second kappa shape index (κ2) is 9.42. The number of anilines is 1. The molecule has 9 heteroatoms. The van der Waals surface area contributed by atoms with Crippen LogP contribution in [-0.4, -0.2) is 63.5 Å². The molecule has 0 saturated carbocycles. The van der Waals surface area contributed by atoms with Crippen molar-refractivity contribution in [1.82, 2.24) is 24.3 Å². The van der Waals surface area contributed by atoms with E-state index in [9.17, 15) is 9.59 Å². The van der Waals surface area contributed by atoms with E-state index in [1.807, 2.05) is 66.7 Å². The number of fused-ring (bicyclic) bond motifs is 2. The number of methoxy groups -OCH3 is 1. The Balaban J connectivity index is 1.20. The summed E-state index contributed by atoms with van der Waals surface area (Å²) in [4.78, 5) is 30.3. The van der Waals surface area contributed by atoms with Gasteiger partial charge in [0, 0.05) is 31.7 Å². The lowest BCUT2D eigenvalue weighted by molar-refractivity contribution is -0.132. The Morgan fingerprint density at radius 3 is 2.54 bits per heavy atom. The number of hydrogen-bond acceptors (Lipinski definition) is 6. The molecule has 186 valence electrons. The van der Waals surface area contributed by atoms with E-state index in [-0.39, 0.29) is 18.0 Å². The molecule has 9 nitrogen and oxygen atoms in total. The Hall–Kier alpha value is -4.66. The van der Waals surface area contributed by atoms with Crippen molar-refractivity contribution in [1.29, 1.82) is 0 Å². The number of ether oxygens (including phenoxy) is 1. The van der Waals surface area contributed by atoms with Gasteiger partial charge < -0.3 is 14.5 Å². The summed E-state index contributed by atoms with van der Waals surface area (Å²) in [5.41, 5.74) is 2.68. The molecule has 0 aliphatic carbocycles. The third kappa shape index (κ3) is 4.18. The molecule has 37 heavy (non-hydrogen) atoms. The average molecular weight is 495 g/mol. The molecule has 3 heterocycles. The van der Waals surface area contributed by atoms with E-state index >= 15 is 0 Å². The Labute approximate surface area is 213 Å². The molecule has 1 saturated heterocycles. The van der Waals surface area contributed by atoms with Gasteiger partial charge in [0.2, 0.25) is 5.91 Å². The van der Waals surface area contributed by atoms with E-state index in [2.05, 4.69) is 15.1 Å². The SMILES string of the molecule is COc1ccccc1N1CCN(C(=O)Cn2ncn3nc(-c4cccc5ccccc45)cc3c2=O)CC1. The largest absolute Gasteiger partial charge is 0.495 e. The van der Waals surface area contributed by atoms with Gasteiger partial charge >= 0.3 is 0 Å². The molecular weight excluding hydrogens is 468 g/mol. The lowest BCUT2D eigenvalue weighted by Crippen LogP contribution is -2.50. The lowest BCUT2D eigenvalue weighted by Gasteiger charge is -2.36. The summed E-state index contributed by atoms with van der Waals surface area (Å²) in [5, 5.41) is 11.0. The highest BCUT2D eigenvalue weighted by Crippen LogP contribution is 2.29. The first-order chi connectivity index (χ1) is 18.1. The summed E-state index contributed by atoms with van der Waals surface area (Å²) in [5.74, 6) is 0.683. The summed E-state index contributed by atoms with van der Waals surface area (Å²) in [7, 11) is 1.66. The van der Waals surface area contributed by atoms with E-state index in [0.717, 1.165) is 27.8 Å². The first-order valence-electron chi connectivity index (χ1n) is 12.2. The van der Waals surface area contributed by atoms with Crippen molar-refractivity contribution in [2.24, 2.45) is 0 Å². The summed E-state index contributed by atoms with van der Waals surface area (Å²) in [6.45, 7) is 2.38. The van der Waals surface area contributed by atoms with Gasteiger partial charge in [-0.3, -0.25) is 9.59 Å². The van der Waals surface area contributed by atoms with Gasteiger partial charge in [0.05, 0.1) is 18.5 Å². The molecular formula is C28H26N6O3. The summed E-state index contributed by atoms with van der Waals surface area (Å²) < 4.78 is 8.18. The van der Waals surface area contributed by atoms with Crippen molar-refractivity contribution in [2.75, 3.05) is 38.2 Å². The van der Waals surface area contributed by atoms with Gasteiger partial charge in [-0.25, -0.2) is 9.20 Å². The minimum atomic E-state index is -0.345. The Morgan fingerprint density at radius 2 is 1.70 bits per heavy atom. The van der Waals surface area contributed by atoms with Gasteiger partial charge in [-0.15, -0.1) is 0 Å². The maximum Gasteiger partial charge on any atom is 0.293 e. The highest BCUT2D eigenvalue weighted by molar-refractivity contribution is 5.96. The van der Waals surface area contributed by atoms with Crippen molar-refractivity contribution >= 4 is 27.9 Å². The molecule has 0 N–H and O–H groups in total. The van der Waals surface area contributed by atoms with Gasteiger partial charge in [-0.2, -0.15) is 10.2 Å². The van der Waals surface area contributed by atoms with Crippen LogP contribution in [0.15, 0.2) is 83.9 Å². The number of aromatic nitrogens is 4. The van der Waals surface area contributed by atoms with Crippen molar-refractivity contribution < 1.29 is 9.53 Å². The fourth-order valence-corrected chi connectivity index (χ4v) is 4.95. The third-order valence-corrected chi connectivity index (χ3v) is 6.90. The van der Waals surface area contributed by atoms with Gasteiger partial charge in [0.15, 0.2) is 0 Å². The number of carbonyl (C=O) groups excluding carboxylic acids is 1. The first kappa shape index (κ1) is 22.8. The smallest absolute Gasteiger partial charge is 0.293 e. The van der Waals surface area contributed by atoms with E-state index < -0.39 is 0 Å². The number of nitrogens with zero attached hydrogens (tertiary/aromatic N) is 6. The number of benzene rings is 3. The number of amides is 1. The fraction of sp³-hybridized carbons (Fsp3) is 0.214. The van der Waals surface area contributed by atoms with Gasteiger partial charge in [0.25, 0.3) is 5.56 Å². The van der Waals surface area contributed by atoms with Crippen molar-refractivity contribution in [2.45, 2.75) is 6.54 Å². The number of para-hydroxylation sites is 2. The normalized spacial score (nSPS) is 13.9. The van der Waals surface area contributed by atoms with Crippen LogP contribution in [0.1, 0.15) is 0 Å². The van der Waals surface area contributed by atoms with Gasteiger partial charge in [0.1, 0.15) is 24.1 Å². The molecule has 3 aromatic carbocycles. The third-order valence-electron chi connectivity index (χ3n) is 6.90. The number of hydrogen-bond donors (Lipinski definition) is 0. The zero-order valence-corrected chi connectivity index (χ0v) is 20.4. The molecule has 0 bridgehead atoms. The predicted octanol–water partition coefficient (Wildman–Crippen LogP) is 3.07. The summed E-state index contributed by atoms with van der Waals surface area (Å²) in [6.07, 6.45) is 1.48. The van der Waals surface area contributed by atoms with E-state index in [1.165, 1.54) is 15.5 Å². The topological polar surface area (TPSA) is 85.0 Å². The number of rotatable bonds is 5. The second-order valence-electron chi connectivity index (χ2n) is 9.02. The Morgan fingerprint density at radius 1 is 0.946 bits per heavy atom. The quantitative estimate of drug-likeness (QED) is 0.373. The lowest BCUT2D eigenvalue weighted by atomic mass is 10.0. The van der Waals surface area contributed by atoms with Crippen LogP contribution < -0.4 is 15.2 Å². The van der Waals surface area contributed by atoms with E-state index in [4.69, 9.17) is 4.74 Å². The van der Waals surface area contributed by atoms with E-state index in [1.54, 1.807) is 18.1 Å². The van der Waals surface area contributed by atoms with Crippen LogP contribution in [-0.2, 0) is 11.3 Å². The fourth-order valence-electron chi connectivity index (χ4n) is 4.95. The Kier molecular flexibility index (Phi) is 5.80. The van der Waals surface area contributed by atoms with Crippen LogP contribution in [0.25, 0.3) is 27.5 Å². The van der Waals surface area contributed by atoms with E-state index in [0.29, 0.717) is 37.4 Å². The highest BCUT2D eigenvalue weighted by Gasteiger charge is 2.24. The molecule has 0 atom stereocenters. The van der Waals surface area contributed by atoms with Crippen molar-refractivity contribution in [3.63, 3.8) is 0 Å². The molecule has 0 unspecified atom stereocenters. The Bertz CT molecular complexity index is 1660. The minimum Gasteiger partial charge on any atom is -0.495 e. The van der Waals surface area contributed by atoms with Crippen LogP contribution in [0, 0.1) is 0 Å². The molecule has 1 fully saturated rings. The zero-order chi connectivity index (χ0) is 25.4. The molecule has 0 radical (unpaired) electrons. The monoisotopic (exact) mass is 494 g/mol. The minimum absolute atomic E-state index is 0.112. The summed E-state index contributed by atoms with van der Waals surface area (Å²) in [6, 6.07) is 23.7. The van der Waals surface area contributed by atoms with Crippen molar-refractivity contribution in [3.05, 3.63) is 89.5 Å². The highest BCUT2D eigenvalue weighted by atomic mass is 16.5. The van der Waals surface area contributed by atoms with Crippen LogP contribution in [0.2, 0.25) is 0 Å². The van der Waals surface area contributed by atoms with Gasteiger partial charge in [-0.05, 0) is 29.0 Å². The zero-order valence-electron chi connectivity index (χ0n) is 20.4.